The maximum Gasteiger partial charge on any atom is 0.242 e. The van der Waals surface area contributed by atoms with Crippen LogP contribution in [0.25, 0.3) is 0 Å². The van der Waals surface area contributed by atoms with E-state index in [0.29, 0.717) is 17.0 Å². The number of sulfonamides is 1. The van der Waals surface area contributed by atoms with Crippen LogP contribution in [0, 0.1) is 19.7 Å². The number of aryl methyl sites for hydroxylation is 1. The Kier molecular flexibility index (Phi) is 7.66. The van der Waals surface area contributed by atoms with Crippen molar-refractivity contribution in [1.29, 1.82) is 0 Å². The Balaban J connectivity index is 2.33. The van der Waals surface area contributed by atoms with Gasteiger partial charge in [-0.15, -0.1) is 0 Å². The topological polar surface area (TPSA) is 37.4 Å². The van der Waals surface area contributed by atoms with Crippen molar-refractivity contribution in [2.45, 2.75) is 65.5 Å². The van der Waals surface area contributed by atoms with Gasteiger partial charge in [0.2, 0.25) is 10.0 Å². The normalized spacial score (nSPS) is 22.0. The molecule has 1 aromatic rings. The summed E-state index contributed by atoms with van der Waals surface area (Å²) in [5, 5.41) is 0.449. The molecule has 0 saturated carbocycles. The fraction of sp³-hybridized carbons (Fsp3) is 0.455. The van der Waals surface area contributed by atoms with Crippen molar-refractivity contribution >= 4 is 21.6 Å². The van der Waals surface area contributed by atoms with Gasteiger partial charge >= 0.3 is 0 Å². The molecule has 0 bridgehead atoms. The van der Waals surface area contributed by atoms with Crippen LogP contribution in [0.1, 0.15) is 49.8 Å². The van der Waals surface area contributed by atoms with Gasteiger partial charge in [-0.2, -0.15) is 4.31 Å². The minimum Gasteiger partial charge on any atom is -0.207 e. The van der Waals surface area contributed by atoms with E-state index in [-0.39, 0.29) is 22.8 Å². The van der Waals surface area contributed by atoms with Crippen LogP contribution in [0.3, 0.4) is 0 Å². The molecule has 1 heterocycles. The molecule has 0 N–H and O–H groups in total. The van der Waals surface area contributed by atoms with E-state index >= 15 is 0 Å². The van der Waals surface area contributed by atoms with Gasteiger partial charge in [-0.25, -0.2) is 12.8 Å². The summed E-state index contributed by atoms with van der Waals surface area (Å²) in [6.07, 6.45) is 7.61. The highest BCUT2D eigenvalue weighted by Gasteiger charge is 2.37. The van der Waals surface area contributed by atoms with Crippen LogP contribution in [-0.4, -0.2) is 24.8 Å². The third-order valence-corrected chi connectivity index (χ3v) is 7.76. The Hall–Kier alpha value is -1.43. The van der Waals surface area contributed by atoms with Crippen molar-refractivity contribution in [2.24, 2.45) is 0 Å². The van der Waals surface area contributed by atoms with Crippen LogP contribution in [-0.2, 0) is 16.4 Å². The number of nitrogens with zero attached hydrogens (tertiary/aromatic N) is 1. The van der Waals surface area contributed by atoms with Crippen LogP contribution in [0.4, 0.5) is 4.39 Å². The Labute approximate surface area is 173 Å². The van der Waals surface area contributed by atoms with Gasteiger partial charge in [-0.05, 0) is 81.9 Å². The summed E-state index contributed by atoms with van der Waals surface area (Å²) in [4.78, 5) is 0.0116. The second kappa shape index (κ2) is 9.38. The molecule has 0 aliphatic carbocycles. The van der Waals surface area contributed by atoms with Gasteiger partial charge in [0.05, 0.1) is 4.91 Å². The molecular weight excluding hydrogens is 397 g/mol. The molecule has 1 aromatic carbocycles. The van der Waals surface area contributed by atoms with E-state index in [1.807, 2.05) is 19.9 Å². The lowest BCUT2D eigenvalue weighted by Gasteiger charge is -2.39. The highest BCUT2D eigenvalue weighted by Crippen LogP contribution is 2.31. The molecule has 1 aliphatic heterocycles. The molecule has 2 rings (SSSR count). The smallest absolute Gasteiger partial charge is 0.207 e. The molecule has 1 saturated heterocycles. The molecular formula is C22H29ClFNO2S. The SMILES string of the molecule is C=C(/C=C\C(Cl)=C/C)S(=O)(=O)N1C(C)CCCC1Cc1cc(C)c(C)c(F)c1. The number of piperidine rings is 1. The Morgan fingerprint density at radius 1 is 1.32 bits per heavy atom. The highest BCUT2D eigenvalue weighted by molar-refractivity contribution is 7.93. The Morgan fingerprint density at radius 2 is 2.00 bits per heavy atom. The molecule has 3 nitrogen and oxygen atoms in total. The quantitative estimate of drug-likeness (QED) is 0.542. The lowest BCUT2D eigenvalue weighted by atomic mass is 9.93. The molecule has 1 aliphatic rings. The third kappa shape index (κ3) is 5.13. The average Bonchev–Trinajstić information content (AvgIpc) is 2.63. The fourth-order valence-corrected chi connectivity index (χ4v) is 5.38. The minimum atomic E-state index is -3.74. The maximum atomic E-state index is 14.2. The molecule has 0 aromatic heterocycles. The Morgan fingerprint density at radius 3 is 2.61 bits per heavy atom. The molecule has 154 valence electrons. The molecule has 0 spiro atoms. The van der Waals surface area contributed by atoms with E-state index < -0.39 is 10.0 Å². The first-order valence-electron chi connectivity index (χ1n) is 9.56. The molecule has 0 amide bonds. The predicted octanol–water partition coefficient (Wildman–Crippen LogP) is 5.77. The van der Waals surface area contributed by atoms with Crippen molar-refractivity contribution in [1.82, 2.24) is 4.31 Å². The molecule has 28 heavy (non-hydrogen) atoms. The monoisotopic (exact) mass is 425 g/mol. The van der Waals surface area contributed by atoms with Gasteiger partial charge in [0.1, 0.15) is 5.82 Å². The summed E-state index contributed by atoms with van der Waals surface area (Å²) >= 11 is 5.94. The lowest BCUT2D eigenvalue weighted by molar-refractivity contribution is 0.192. The fourth-order valence-electron chi connectivity index (χ4n) is 3.66. The Bertz CT molecular complexity index is 882. The standard InChI is InChI=1S/C22H29ClFNO2S/c1-6-20(23)11-10-17(4)28(26,27)25-16(3)8-7-9-21(25)13-19-12-15(2)18(5)22(24)14-19/h6,10-12,14,16,21H,4,7-9,13H2,1-3,5H3/b11-10-,20-6+. The number of halogens is 2. The van der Waals surface area contributed by atoms with Crippen LogP contribution >= 0.6 is 11.6 Å². The average molecular weight is 426 g/mol. The van der Waals surface area contributed by atoms with Gasteiger partial charge in [0.15, 0.2) is 0 Å². The van der Waals surface area contributed by atoms with Crippen molar-refractivity contribution in [2.75, 3.05) is 0 Å². The van der Waals surface area contributed by atoms with Gasteiger partial charge in [-0.1, -0.05) is 36.7 Å². The van der Waals surface area contributed by atoms with Gasteiger partial charge in [-0.3, -0.25) is 0 Å². The van der Waals surface area contributed by atoms with E-state index in [0.717, 1.165) is 30.4 Å². The van der Waals surface area contributed by atoms with Crippen molar-refractivity contribution in [3.63, 3.8) is 0 Å². The summed E-state index contributed by atoms with van der Waals surface area (Å²) in [7, 11) is -3.74. The highest BCUT2D eigenvalue weighted by atomic mass is 35.5. The first-order valence-corrected chi connectivity index (χ1v) is 11.4. The van der Waals surface area contributed by atoms with Crippen LogP contribution in [0.15, 0.2) is 46.9 Å². The van der Waals surface area contributed by atoms with Crippen LogP contribution in [0.2, 0.25) is 0 Å². The summed E-state index contributed by atoms with van der Waals surface area (Å²) in [5.41, 5.74) is 2.32. The first kappa shape index (κ1) is 22.9. The largest absolute Gasteiger partial charge is 0.242 e. The second-order valence-electron chi connectivity index (χ2n) is 7.47. The molecule has 2 unspecified atom stereocenters. The number of hydrogen-bond donors (Lipinski definition) is 0. The molecule has 1 fully saturated rings. The van der Waals surface area contributed by atoms with Crippen LogP contribution in [0.5, 0.6) is 0 Å². The summed E-state index contributed by atoms with van der Waals surface area (Å²) < 4.78 is 42.2. The van der Waals surface area contributed by atoms with E-state index in [1.165, 1.54) is 18.2 Å². The zero-order valence-corrected chi connectivity index (χ0v) is 18.6. The minimum absolute atomic E-state index is 0.0116. The van der Waals surface area contributed by atoms with E-state index in [2.05, 4.69) is 6.58 Å². The molecule has 6 heteroatoms. The number of rotatable bonds is 6. The zero-order chi connectivity index (χ0) is 21.1. The predicted molar refractivity (Wildman–Crippen MR) is 115 cm³/mol. The number of allylic oxidation sites excluding steroid dienone is 4. The van der Waals surface area contributed by atoms with Gasteiger partial charge < -0.3 is 0 Å². The molecule has 0 radical (unpaired) electrons. The zero-order valence-electron chi connectivity index (χ0n) is 17.0. The van der Waals surface area contributed by atoms with E-state index in [1.54, 1.807) is 24.2 Å². The van der Waals surface area contributed by atoms with Gasteiger partial charge in [0.25, 0.3) is 0 Å². The third-order valence-electron chi connectivity index (χ3n) is 5.40. The second-order valence-corrected chi connectivity index (χ2v) is 9.80. The van der Waals surface area contributed by atoms with Crippen molar-refractivity contribution in [3.05, 3.63) is 69.4 Å². The number of hydrogen-bond acceptors (Lipinski definition) is 2. The summed E-state index contributed by atoms with van der Waals surface area (Å²) in [6.45, 7) is 11.1. The molecule has 2 atom stereocenters. The summed E-state index contributed by atoms with van der Waals surface area (Å²) in [6, 6.07) is 3.11. The summed E-state index contributed by atoms with van der Waals surface area (Å²) in [5.74, 6) is -0.249. The van der Waals surface area contributed by atoms with E-state index in [4.69, 9.17) is 11.6 Å². The van der Waals surface area contributed by atoms with Crippen molar-refractivity contribution < 1.29 is 12.8 Å². The van der Waals surface area contributed by atoms with E-state index in [9.17, 15) is 12.8 Å². The van der Waals surface area contributed by atoms with Crippen LogP contribution < -0.4 is 0 Å². The first-order chi connectivity index (χ1) is 13.1. The maximum absolute atomic E-state index is 14.2. The lowest BCUT2D eigenvalue weighted by Crippen LogP contribution is -2.49. The number of benzene rings is 1. The van der Waals surface area contributed by atoms with Gasteiger partial charge in [0, 0.05) is 17.1 Å². The van der Waals surface area contributed by atoms with Crippen molar-refractivity contribution in [3.8, 4) is 0 Å².